The Morgan fingerprint density at radius 3 is 2.55 bits per heavy atom. The van der Waals surface area contributed by atoms with Gasteiger partial charge < -0.3 is 10.2 Å². The van der Waals surface area contributed by atoms with Gasteiger partial charge in [-0.15, -0.1) is 5.10 Å². The quantitative estimate of drug-likeness (QED) is 0.687. The topological polar surface area (TPSA) is 58.3 Å². The van der Waals surface area contributed by atoms with Crippen molar-refractivity contribution in [2.75, 3.05) is 36.4 Å². The summed E-state index contributed by atoms with van der Waals surface area (Å²) in [7, 11) is 0. The molecule has 1 saturated carbocycles. The van der Waals surface area contributed by atoms with Crippen LogP contribution in [0.3, 0.4) is 0 Å². The van der Waals surface area contributed by atoms with Crippen molar-refractivity contribution in [1.82, 2.24) is 19.2 Å². The number of amides is 1. The molecule has 2 aromatic rings. The van der Waals surface area contributed by atoms with Crippen molar-refractivity contribution in [2.24, 2.45) is 5.92 Å². The zero-order valence-electron chi connectivity index (χ0n) is 18.1. The summed E-state index contributed by atoms with van der Waals surface area (Å²) in [5, 5.41) is 8.05. The van der Waals surface area contributed by atoms with Gasteiger partial charge in [0.05, 0.1) is 12.6 Å². The number of benzene rings is 1. The Labute approximate surface area is 189 Å². The van der Waals surface area contributed by atoms with E-state index in [0.717, 1.165) is 55.4 Å². The van der Waals surface area contributed by atoms with Crippen molar-refractivity contribution in [3.05, 3.63) is 35.1 Å². The van der Waals surface area contributed by atoms with Gasteiger partial charge in [0, 0.05) is 31.4 Å². The van der Waals surface area contributed by atoms with Crippen LogP contribution in [0.15, 0.2) is 30.3 Å². The molecule has 3 heterocycles. The normalized spacial score (nSPS) is 22.5. The Kier molecular flexibility index (Phi) is 6.09. The molecule has 5 rings (SSSR count). The summed E-state index contributed by atoms with van der Waals surface area (Å²) < 4.78 is 5.12. The predicted molar refractivity (Wildman–Crippen MR) is 125 cm³/mol. The second-order valence-electron chi connectivity index (χ2n) is 9.14. The summed E-state index contributed by atoms with van der Waals surface area (Å²) in [6, 6.07) is 10.2. The number of para-hydroxylation sites is 1. The molecule has 1 aromatic carbocycles. The molecule has 166 valence electrons. The van der Waals surface area contributed by atoms with Gasteiger partial charge in [-0.2, -0.15) is 0 Å². The third kappa shape index (κ3) is 4.70. The third-order valence-electron chi connectivity index (χ3n) is 6.66. The predicted octanol–water partition coefficient (Wildman–Crippen LogP) is 4.05. The zero-order valence-corrected chi connectivity index (χ0v) is 18.9. The molecule has 3 fully saturated rings. The van der Waals surface area contributed by atoms with Crippen molar-refractivity contribution in [1.29, 1.82) is 0 Å². The number of nitrogens with one attached hydrogen (secondary N) is 1. The summed E-state index contributed by atoms with van der Waals surface area (Å²) >= 11 is 5.87. The lowest BCUT2D eigenvalue weighted by atomic mass is 9.97. The van der Waals surface area contributed by atoms with Crippen LogP contribution in [0.4, 0.5) is 11.6 Å². The van der Waals surface area contributed by atoms with Gasteiger partial charge in [0.15, 0.2) is 0 Å². The van der Waals surface area contributed by atoms with Gasteiger partial charge in [-0.3, -0.25) is 14.3 Å². The number of hydrogen-bond donors (Lipinski definition) is 1. The first-order chi connectivity index (χ1) is 15.2. The minimum absolute atomic E-state index is 0.00443. The Hall–Kier alpha value is -2.19. The molecule has 1 amide bonds. The minimum Gasteiger partial charge on any atom is -0.341 e. The van der Waals surface area contributed by atoms with Crippen LogP contribution in [-0.4, -0.2) is 51.3 Å². The highest BCUT2D eigenvalue weighted by atomic mass is 32.1. The number of anilines is 2. The highest BCUT2D eigenvalue weighted by Gasteiger charge is 2.32. The molecule has 0 radical (unpaired) electrons. The van der Waals surface area contributed by atoms with Crippen molar-refractivity contribution >= 4 is 29.8 Å². The lowest BCUT2D eigenvalue weighted by Crippen LogP contribution is -2.41. The SMILES string of the molecule is O=C(Nc1ccccc1)C1CCCN(Cn2nc(N3CCCCC3)n(C3CC3)c2=S)C1. The van der Waals surface area contributed by atoms with Crippen LogP contribution in [0.1, 0.15) is 51.0 Å². The molecule has 0 bridgehead atoms. The highest BCUT2D eigenvalue weighted by Crippen LogP contribution is 2.38. The van der Waals surface area contributed by atoms with Gasteiger partial charge in [-0.25, -0.2) is 4.68 Å². The van der Waals surface area contributed by atoms with E-state index in [1.165, 1.54) is 32.1 Å². The summed E-state index contributed by atoms with van der Waals surface area (Å²) in [4.78, 5) is 17.6. The van der Waals surface area contributed by atoms with Crippen molar-refractivity contribution < 1.29 is 4.79 Å². The van der Waals surface area contributed by atoms with Crippen molar-refractivity contribution in [3.63, 3.8) is 0 Å². The van der Waals surface area contributed by atoms with Gasteiger partial charge in [0.2, 0.25) is 16.6 Å². The zero-order chi connectivity index (χ0) is 21.2. The fourth-order valence-electron chi connectivity index (χ4n) is 4.82. The smallest absolute Gasteiger partial charge is 0.228 e. The molecular formula is C23H32N6OS. The molecular weight excluding hydrogens is 408 g/mol. The summed E-state index contributed by atoms with van der Waals surface area (Å²) in [5.41, 5.74) is 0.862. The molecule has 7 nitrogen and oxygen atoms in total. The average molecular weight is 441 g/mol. The van der Waals surface area contributed by atoms with Gasteiger partial charge in [-0.1, -0.05) is 18.2 Å². The summed E-state index contributed by atoms with van der Waals surface area (Å²) in [6.45, 7) is 4.53. The van der Waals surface area contributed by atoms with E-state index >= 15 is 0 Å². The molecule has 1 aliphatic carbocycles. The van der Waals surface area contributed by atoms with Crippen molar-refractivity contribution in [2.45, 2.75) is 57.7 Å². The largest absolute Gasteiger partial charge is 0.341 e. The monoisotopic (exact) mass is 440 g/mol. The molecule has 8 heteroatoms. The van der Waals surface area contributed by atoms with E-state index < -0.39 is 0 Å². The Balaban J connectivity index is 1.28. The van der Waals surface area contributed by atoms with Gasteiger partial charge in [-0.05, 0) is 75.8 Å². The molecule has 1 unspecified atom stereocenters. The standard InChI is InChI=1S/C23H32N6OS/c30-21(24-19-9-3-1-4-10-19)18-8-7-13-26(16-18)17-28-23(31)29(20-11-12-20)22(25-28)27-14-5-2-6-15-27/h1,3-4,9-10,18,20H,2,5-8,11-17H2,(H,24,30). The molecule has 3 aliphatic rings. The van der Waals surface area contributed by atoms with E-state index in [9.17, 15) is 4.79 Å². The van der Waals surface area contributed by atoms with E-state index in [-0.39, 0.29) is 11.8 Å². The van der Waals surface area contributed by atoms with Crippen LogP contribution in [0.5, 0.6) is 0 Å². The molecule has 2 aliphatic heterocycles. The first kappa shape index (κ1) is 20.7. The first-order valence-electron chi connectivity index (χ1n) is 11.7. The number of carbonyl (C=O) groups excluding carboxylic acids is 1. The number of aromatic nitrogens is 3. The second-order valence-corrected chi connectivity index (χ2v) is 9.51. The minimum atomic E-state index is -0.00443. The summed E-state index contributed by atoms with van der Waals surface area (Å²) in [5.74, 6) is 1.16. The van der Waals surface area contributed by atoms with Crippen LogP contribution in [0.2, 0.25) is 0 Å². The third-order valence-corrected chi connectivity index (χ3v) is 7.06. The van der Waals surface area contributed by atoms with Crippen LogP contribution in [-0.2, 0) is 11.5 Å². The molecule has 1 N–H and O–H groups in total. The van der Waals surface area contributed by atoms with Gasteiger partial charge >= 0.3 is 0 Å². The maximum atomic E-state index is 12.8. The molecule has 0 spiro atoms. The van der Waals surface area contributed by atoms with Crippen LogP contribution in [0.25, 0.3) is 0 Å². The Bertz CT molecular complexity index is 960. The van der Waals surface area contributed by atoms with E-state index in [0.29, 0.717) is 12.7 Å². The van der Waals surface area contributed by atoms with Crippen LogP contribution < -0.4 is 10.2 Å². The van der Waals surface area contributed by atoms with Gasteiger partial charge in [0.1, 0.15) is 0 Å². The molecule has 31 heavy (non-hydrogen) atoms. The van der Waals surface area contributed by atoms with Crippen molar-refractivity contribution in [3.8, 4) is 0 Å². The van der Waals surface area contributed by atoms with E-state index in [1.54, 1.807) is 0 Å². The number of piperidine rings is 2. The van der Waals surface area contributed by atoms with Gasteiger partial charge in [0.25, 0.3) is 0 Å². The molecule has 1 atom stereocenters. The fraction of sp³-hybridized carbons (Fsp3) is 0.609. The lowest BCUT2D eigenvalue weighted by molar-refractivity contribution is -0.121. The number of nitrogens with zero attached hydrogens (tertiary/aromatic N) is 5. The van der Waals surface area contributed by atoms with Crippen LogP contribution in [0, 0.1) is 10.7 Å². The Morgan fingerprint density at radius 1 is 1.03 bits per heavy atom. The van der Waals surface area contributed by atoms with Crippen LogP contribution >= 0.6 is 12.2 Å². The number of likely N-dealkylation sites (tertiary alicyclic amines) is 1. The lowest BCUT2D eigenvalue weighted by Gasteiger charge is -2.31. The van der Waals surface area contributed by atoms with E-state index in [2.05, 4.69) is 19.7 Å². The van der Waals surface area contributed by atoms with E-state index in [1.807, 2.05) is 35.0 Å². The fourth-order valence-corrected chi connectivity index (χ4v) is 5.15. The first-order valence-corrected chi connectivity index (χ1v) is 12.1. The Morgan fingerprint density at radius 2 is 1.81 bits per heavy atom. The maximum Gasteiger partial charge on any atom is 0.228 e. The maximum absolute atomic E-state index is 12.8. The summed E-state index contributed by atoms with van der Waals surface area (Å²) in [6.07, 6.45) is 8.11. The average Bonchev–Trinajstić information content (AvgIpc) is 3.59. The number of carbonyl (C=O) groups is 1. The molecule has 1 aromatic heterocycles. The molecule has 2 saturated heterocycles. The van der Waals surface area contributed by atoms with E-state index in [4.69, 9.17) is 17.3 Å². The number of hydrogen-bond acceptors (Lipinski definition) is 5. The number of rotatable bonds is 6. The highest BCUT2D eigenvalue weighted by molar-refractivity contribution is 7.71. The second kappa shape index (κ2) is 9.12.